The molecule has 1 aromatic rings. The SMILES string of the molecule is CN1C(=O)C[C@@](C)(C2CCCN(C(=O)c3ccc(N)cc3)C2)N=C1N. The normalized spacial score (nSPS) is 27.2. The van der Waals surface area contributed by atoms with E-state index in [1.807, 2.05) is 11.8 Å². The van der Waals surface area contributed by atoms with Gasteiger partial charge in [0, 0.05) is 37.3 Å². The molecular weight excluding hydrogens is 318 g/mol. The second-order valence-electron chi connectivity index (χ2n) is 7.17. The lowest BCUT2D eigenvalue weighted by Crippen LogP contribution is -2.54. The predicted molar refractivity (Wildman–Crippen MR) is 96.9 cm³/mol. The second kappa shape index (κ2) is 6.38. The van der Waals surface area contributed by atoms with Gasteiger partial charge in [-0.3, -0.25) is 14.5 Å². The monoisotopic (exact) mass is 343 g/mol. The van der Waals surface area contributed by atoms with E-state index in [2.05, 4.69) is 4.99 Å². The number of nitrogens with zero attached hydrogens (tertiary/aromatic N) is 3. The van der Waals surface area contributed by atoms with Gasteiger partial charge >= 0.3 is 0 Å². The van der Waals surface area contributed by atoms with Gasteiger partial charge in [0.25, 0.3) is 5.91 Å². The van der Waals surface area contributed by atoms with Crippen LogP contribution in [0.5, 0.6) is 0 Å². The fourth-order valence-electron chi connectivity index (χ4n) is 3.64. The summed E-state index contributed by atoms with van der Waals surface area (Å²) in [5.41, 5.74) is 12.3. The van der Waals surface area contributed by atoms with Crippen LogP contribution >= 0.6 is 0 Å². The quantitative estimate of drug-likeness (QED) is 0.783. The molecule has 25 heavy (non-hydrogen) atoms. The van der Waals surface area contributed by atoms with Gasteiger partial charge in [-0.1, -0.05) is 0 Å². The summed E-state index contributed by atoms with van der Waals surface area (Å²) in [6.07, 6.45) is 2.13. The summed E-state index contributed by atoms with van der Waals surface area (Å²) in [5, 5.41) is 0. The summed E-state index contributed by atoms with van der Waals surface area (Å²) in [7, 11) is 1.64. The largest absolute Gasteiger partial charge is 0.399 e. The van der Waals surface area contributed by atoms with Gasteiger partial charge in [0.1, 0.15) is 0 Å². The van der Waals surface area contributed by atoms with Crippen LogP contribution in [0.1, 0.15) is 36.5 Å². The maximum Gasteiger partial charge on any atom is 0.253 e. The van der Waals surface area contributed by atoms with Gasteiger partial charge in [-0.25, -0.2) is 4.99 Å². The number of anilines is 1. The molecule has 0 aliphatic carbocycles. The summed E-state index contributed by atoms with van der Waals surface area (Å²) >= 11 is 0. The molecule has 3 rings (SSSR count). The highest BCUT2D eigenvalue weighted by Gasteiger charge is 2.43. The first kappa shape index (κ1) is 17.3. The molecule has 1 fully saturated rings. The van der Waals surface area contributed by atoms with Crippen LogP contribution in [0.25, 0.3) is 0 Å². The zero-order chi connectivity index (χ0) is 18.2. The number of nitrogen functional groups attached to an aromatic ring is 1. The number of aliphatic imine (C=N–C) groups is 1. The molecule has 1 saturated heterocycles. The standard InChI is InChI=1S/C18H25N5O2/c1-18(10-15(24)22(2)17(20)21-18)13-4-3-9-23(11-13)16(25)12-5-7-14(19)8-6-12/h5-8,13H,3-4,9-11,19H2,1-2H3,(H2,20,21)/t13?,18-/m0/s1. The number of benzene rings is 1. The summed E-state index contributed by atoms with van der Waals surface area (Å²) in [6, 6.07) is 6.96. The van der Waals surface area contributed by atoms with E-state index in [4.69, 9.17) is 11.5 Å². The van der Waals surface area contributed by atoms with Crippen LogP contribution in [0.15, 0.2) is 29.3 Å². The summed E-state index contributed by atoms with van der Waals surface area (Å²) < 4.78 is 0. The number of piperidine rings is 1. The molecule has 0 saturated carbocycles. The molecule has 0 aromatic heterocycles. The Hall–Kier alpha value is -2.57. The minimum atomic E-state index is -0.562. The molecule has 4 N–H and O–H groups in total. The molecule has 0 bridgehead atoms. The number of rotatable bonds is 2. The first-order valence-electron chi connectivity index (χ1n) is 8.57. The van der Waals surface area contributed by atoms with Crippen molar-refractivity contribution >= 4 is 23.5 Å². The van der Waals surface area contributed by atoms with Gasteiger partial charge < -0.3 is 16.4 Å². The molecular formula is C18H25N5O2. The summed E-state index contributed by atoms with van der Waals surface area (Å²) in [5.74, 6) is 0.317. The van der Waals surface area contributed by atoms with Gasteiger partial charge in [0.2, 0.25) is 5.91 Å². The van der Waals surface area contributed by atoms with Crippen molar-refractivity contribution in [2.24, 2.45) is 16.6 Å². The molecule has 2 amide bonds. The number of guanidine groups is 1. The minimum Gasteiger partial charge on any atom is -0.399 e. The first-order valence-corrected chi connectivity index (χ1v) is 8.57. The van der Waals surface area contributed by atoms with Crippen LogP contribution < -0.4 is 11.5 Å². The van der Waals surface area contributed by atoms with E-state index >= 15 is 0 Å². The molecule has 0 spiro atoms. The van der Waals surface area contributed by atoms with Gasteiger partial charge in [-0.05, 0) is 44.0 Å². The molecule has 2 aliphatic rings. The van der Waals surface area contributed by atoms with Crippen LogP contribution in [-0.4, -0.2) is 53.2 Å². The molecule has 2 aliphatic heterocycles. The van der Waals surface area contributed by atoms with E-state index in [0.717, 1.165) is 12.8 Å². The Balaban J connectivity index is 1.78. The third-order valence-electron chi connectivity index (χ3n) is 5.34. The summed E-state index contributed by atoms with van der Waals surface area (Å²) in [4.78, 5) is 32.8. The van der Waals surface area contributed by atoms with E-state index < -0.39 is 5.54 Å². The Kier molecular flexibility index (Phi) is 4.41. The molecule has 134 valence electrons. The Morgan fingerprint density at radius 1 is 1.28 bits per heavy atom. The number of amides is 2. The van der Waals surface area contributed by atoms with Crippen molar-refractivity contribution in [1.29, 1.82) is 0 Å². The van der Waals surface area contributed by atoms with Crippen molar-refractivity contribution in [3.05, 3.63) is 29.8 Å². The van der Waals surface area contributed by atoms with Crippen LogP contribution in [0.3, 0.4) is 0 Å². The van der Waals surface area contributed by atoms with Crippen LogP contribution in [0.2, 0.25) is 0 Å². The number of nitrogens with two attached hydrogens (primary N) is 2. The average Bonchev–Trinajstić information content (AvgIpc) is 2.60. The van der Waals surface area contributed by atoms with Gasteiger partial charge in [0.15, 0.2) is 5.96 Å². The number of carbonyl (C=O) groups is 2. The van der Waals surface area contributed by atoms with Crippen molar-refractivity contribution in [3.63, 3.8) is 0 Å². The topological polar surface area (TPSA) is 105 Å². The molecule has 7 heteroatoms. The smallest absolute Gasteiger partial charge is 0.253 e. The van der Waals surface area contributed by atoms with Crippen LogP contribution in [0, 0.1) is 5.92 Å². The second-order valence-corrected chi connectivity index (χ2v) is 7.17. The third kappa shape index (κ3) is 3.31. The first-order chi connectivity index (χ1) is 11.8. The third-order valence-corrected chi connectivity index (χ3v) is 5.34. The Labute approximate surface area is 147 Å². The van der Waals surface area contributed by atoms with Crippen LogP contribution in [-0.2, 0) is 4.79 Å². The van der Waals surface area contributed by atoms with E-state index in [0.29, 0.717) is 30.8 Å². The number of hydrogen-bond acceptors (Lipinski definition) is 5. The van der Waals surface area contributed by atoms with Crippen LogP contribution in [0.4, 0.5) is 5.69 Å². The Morgan fingerprint density at radius 3 is 2.60 bits per heavy atom. The van der Waals surface area contributed by atoms with Crippen molar-refractivity contribution in [1.82, 2.24) is 9.80 Å². The fraction of sp³-hybridized carbons (Fsp3) is 0.500. The van der Waals surface area contributed by atoms with Gasteiger partial charge in [-0.15, -0.1) is 0 Å². The van der Waals surface area contributed by atoms with E-state index in [1.54, 1.807) is 31.3 Å². The molecule has 7 nitrogen and oxygen atoms in total. The maximum absolute atomic E-state index is 12.8. The van der Waals surface area contributed by atoms with Gasteiger partial charge in [-0.2, -0.15) is 0 Å². The van der Waals surface area contributed by atoms with E-state index in [-0.39, 0.29) is 23.7 Å². The van der Waals surface area contributed by atoms with E-state index in [1.165, 1.54) is 4.90 Å². The zero-order valence-corrected chi connectivity index (χ0v) is 14.7. The van der Waals surface area contributed by atoms with Crippen molar-refractivity contribution in [2.45, 2.75) is 31.7 Å². The van der Waals surface area contributed by atoms with Crippen molar-refractivity contribution in [3.8, 4) is 0 Å². The highest BCUT2D eigenvalue weighted by molar-refractivity contribution is 5.98. The summed E-state index contributed by atoms with van der Waals surface area (Å²) in [6.45, 7) is 3.25. The van der Waals surface area contributed by atoms with Crippen molar-refractivity contribution < 1.29 is 9.59 Å². The highest BCUT2D eigenvalue weighted by atomic mass is 16.2. The zero-order valence-electron chi connectivity index (χ0n) is 14.7. The Bertz CT molecular complexity index is 715. The predicted octanol–water partition coefficient (Wildman–Crippen LogP) is 1.06. The molecule has 2 heterocycles. The molecule has 1 aromatic carbocycles. The molecule has 0 radical (unpaired) electrons. The Morgan fingerprint density at radius 2 is 1.96 bits per heavy atom. The van der Waals surface area contributed by atoms with E-state index in [9.17, 15) is 9.59 Å². The lowest BCUT2D eigenvalue weighted by Gasteiger charge is -2.43. The lowest BCUT2D eigenvalue weighted by atomic mass is 9.77. The molecule has 2 atom stereocenters. The molecule has 1 unspecified atom stereocenters. The number of carbonyl (C=O) groups excluding carboxylic acids is 2. The number of likely N-dealkylation sites (tertiary alicyclic amines) is 1. The maximum atomic E-state index is 12.8. The van der Waals surface area contributed by atoms with Crippen molar-refractivity contribution in [2.75, 3.05) is 25.9 Å². The highest BCUT2D eigenvalue weighted by Crippen LogP contribution is 2.35. The number of hydrogen-bond donors (Lipinski definition) is 2. The fourth-order valence-corrected chi connectivity index (χ4v) is 3.64. The lowest BCUT2D eigenvalue weighted by molar-refractivity contribution is -0.129. The minimum absolute atomic E-state index is 0.00972. The van der Waals surface area contributed by atoms with Gasteiger partial charge in [0.05, 0.1) is 12.0 Å². The average molecular weight is 343 g/mol.